The van der Waals surface area contributed by atoms with Crippen molar-refractivity contribution in [3.8, 4) is 22.6 Å². The molecule has 8 nitrogen and oxygen atoms in total. The van der Waals surface area contributed by atoms with E-state index in [1.807, 2.05) is 80.6 Å². The first-order chi connectivity index (χ1) is 19.9. The Balaban J connectivity index is 1.72. The van der Waals surface area contributed by atoms with Crippen LogP contribution in [0.5, 0.6) is 5.75 Å². The van der Waals surface area contributed by atoms with Crippen molar-refractivity contribution in [2.75, 3.05) is 14.2 Å². The van der Waals surface area contributed by atoms with E-state index >= 15 is 0 Å². The molecular formula is C33H36N4O4. The first-order valence-electron chi connectivity index (χ1n) is 13.7. The number of nitrogens with zero attached hydrogens (tertiary/aromatic N) is 3. The smallest absolute Gasteiger partial charge is 0.320 e. The maximum absolute atomic E-state index is 14.0. The zero-order valence-corrected chi connectivity index (χ0v) is 24.2. The van der Waals surface area contributed by atoms with E-state index in [2.05, 4.69) is 17.4 Å². The molecule has 0 saturated carbocycles. The summed E-state index contributed by atoms with van der Waals surface area (Å²) in [6.07, 6.45) is 3.21. The number of ether oxygens (including phenoxy) is 1. The van der Waals surface area contributed by atoms with Crippen molar-refractivity contribution in [3.05, 3.63) is 111 Å². The molecule has 1 aromatic heterocycles. The molecular weight excluding hydrogens is 516 g/mol. The second-order valence-corrected chi connectivity index (χ2v) is 9.79. The summed E-state index contributed by atoms with van der Waals surface area (Å²) < 4.78 is 7.11. The van der Waals surface area contributed by atoms with Gasteiger partial charge in [-0.15, -0.1) is 0 Å². The highest BCUT2D eigenvalue weighted by molar-refractivity contribution is 6.04. The Morgan fingerprint density at radius 3 is 2.49 bits per heavy atom. The van der Waals surface area contributed by atoms with Crippen LogP contribution in [0.15, 0.2) is 76.5 Å². The summed E-state index contributed by atoms with van der Waals surface area (Å²) in [6.45, 7) is 6.31. The molecule has 4 rings (SSSR count). The molecule has 212 valence electrons. The zero-order chi connectivity index (χ0) is 29.4. The van der Waals surface area contributed by atoms with Gasteiger partial charge in [-0.3, -0.25) is 19.1 Å². The lowest BCUT2D eigenvalue weighted by Gasteiger charge is -2.17. The molecule has 4 aromatic rings. The van der Waals surface area contributed by atoms with Gasteiger partial charge in [0, 0.05) is 24.6 Å². The van der Waals surface area contributed by atoms with Crippen LogP contribution in [0, 0.1) is 13.8 Å². The zero-order valence-electron chi connectivity index (χ0n) is 24.2. The number of unbranched alkanes of at least 4 members (excludes halogenated alkanes) is 1. The monoisotopic (exact) mass is 552 g/mol. The number of aliphatic imine (C=N–C) groups is 1. The van der Waals surface area contributed by atoms with Gasteiger partial charge >= 0.3 is 6.47 Å². The Morgan fingerprint density at radius 1 is 1.07 bits per heavy atom. The number of hydroxylamine groups is 1. The number of rotatable bonds is 11. The van der Waals surface area contributed by atoms with Crippen molar-refractivity contribution in [1.29, 1.82) is 0 Å². The lowest BCUT2D eigenvalue weighted by molar-refractivity contribution is -0.132. The highest BCUT2D eigenvalue weighted by Gasteiger charge is 2.17. The minimum atomic E-state index is -0.0485. The fraction of sp³-hybridized carbons (Fsp3) is 0.273. The predicted molar refractivity (Wildman–Crippen MR) is 162 cm³/mol. The van der Waals surface area contributed by atoms with E-state index in [0.29, 0.717) is 30.1 Å². The lowest BCUT2D eigenvalue weighted by atomic mass is 9.96. The molecule has 0 atom stereocenters. The average Bonchev–Trinajstić information content (AvgIpc) is 2.99. The molecule has 0 aliphatic carbocycles. The highest BCUT2D eigenvalue weighted by Crippen LogP contribution is 2.26. The summed E-state index contributed by atoms with van der Waals surface area (Å²) in [7, 11) is 3.27. The molecule has 0 fully saturated rings. The third kappa shape index (κ3) is 6.54. The third-order valence-electron chi connectivity index (χ3n) is 7.09. The van der Waals surface area contributed by atoms with Gasteiger partial charge in [0.15, 0.2) is 5.84 Å². The molecule has 1 heterocycles. The van der Waals surface area contributed by atoms with Crippen LogP contribution in [0.2, 0.25) is 0 Å². The van der Waals surface area contributed by atoms with Crippen molar-refractivity contribution in [2.45, 2.75) is 46.5 Å². The van der Waals surface area contributed by atoms with Gasteiger partial charge in [0.25, 0.3) is 5.56 Å². The lowest BCUT2D eigenvalue weighted by Crippen LogP contribution is -2.28. The molecule has 0 bridgehead atoms. The SMILES string of the molecule is CCCCc1nc(C)n(-c2ccc(OC)c(C)c2)c(=O)c1Cc1ccc(-c2ccccc2C(=NC)NOC=O)cc1. The third-order valence-corrected chi connectivity index (χ3v) is 7.09. The molecule has 41 heavy (non-hydrogen) atoms. The summed E-state index contributed by atoms with van der Waals surface area (Å²) in [6, 6.07) is 21.6. The van der Waals surface area contributed by atoms with Gasteiger partial charge in [-0.2, -0.15) is 0 Å². The molecule has 0 spiro atoms. The van der Waals surface area contributed by atoms with E-state index in [0.717, 1.165) is 64.2 Å². The maximum atomic E-state index is 14.0. The Kier molecular flexibility index (Phi) is 9.68. The Labute approximate surface area is 240 Å². The van der Waals surface area contributed by atoms with Gasteiger partial charge in [-0.1, -0.05) is 61.9 Å². The number of amidine groups is 1. The molecule has 0 aliphatic heterocycles. The van der Waals surface area contributed by atoms with Gasteiger partial charge in [0.1, 0.15) is 11.6 Å². The molecule has 3 aromatic carbocycles. The standard InChI is InChI=1S/C33H36N4O4/c1-6-7-12-30-29(33(39)37(23(3)35-30)26-17-18-31(40-5)22(2)19-26)20-24-13-15-25(16-14-24)27-10-8-9-11-28(27)32(34-4)36-41-21-38/h8-11,13-19,21H,6-7,12,20H2,1-5H3,(H,34,36). The van der Waals surface area contributed by atoms with Gasteiger partial charge in [0.05, 0.1) is 18.5 Å². The topological polar surface area (TPSA) is 94.8 Å². The maximum Gasteiger partial charge on any atom is 0.320 e. The number of hydrogen-bond acceptors (Lipinski definition) is 6. The fourth-order valence-electron chi connectivity index (χ4n) is 5.00. The number of nitrogens with one attached hydrogen (secondary N) is 1. The van der Waals surface area contributed by atoms with Crippen molar-refractivity contribution in [1.82, 2.24) is 15.0 Å². The number of carbonyl (C=O) groups is 1. The average molecular weight is 553 g/mol. The number of aromatic nitrogens is 2. The number of benzene rings is 3. The normalized spacial score (nSPS) is 11.3. The van der Waals surface area contributed by atoms with Gasteiger partial charge in [-0.25, -0.2) is 10.5 Å². The Hall–Kier alpha value is -4.72. The molecule has 0 aliphatic rings. The number of hydrogen-bond donors (Lipinski definition) is 1. The molecule has 8 heteroatoms. The second-order valence-electron chi connectivity index (χ2n) is 9.79. The number of carbonyl (C=O) groups excluding carboxylic acids is 1. The quantitative estimate of drug-likeness (QED) is 0.114. The van der Waals surface area contributed by atoms with Crippen LogP contribution in [0.3, 0.4) is 0 Å². The van der Waals surface area contributed by atoms with Crippen molar-refractivity contribution < 1.29 is 14.4 Å². The van der Waals surface area contributed by atoms with Crippen LogP contribution < -0.4 is 15.8 Å². The van der Waals surface area contributed by atoms with Crippen molar-refractivity contribution in [2.24, 2.45) is 4.99 Å². The van der Waals surface area contributed by atoms with Crippen LogP contribution in [-0.2, 0) is 22.5 Å². The van der Waals surface area contributed by atoms with Crippen LogP contribution in [0.25, 0.3) is 16.8 Å². The summed E-state index contributed by atoms with van der Waals surface area (Å²) in [5, 5.41) is 0. The van der Waals surface area contributed by atoms with Crippen LogP contribution in [-0.4, -0.2) is 36.0 Å². The number of aryl methyl sites for hydroxylation is 3. The predicted octanol–water partition coefficient (Wildman–Crippen LogP) is 5.51. The Morgan fingerprint density at radius 2 is 1.83 bits per heavy atom. The van der Waals surface area contributed by atoms with Gasteiger partial charge in [-0.05, 0) is 67.1 Å². The van der Waals surface area contributed by atoms with Crippen LogP contribution >= 0.6 is 0 Å². The minimum Gasteiger partial charge on any atom is -0.496 e. The van der Waals surface area contributed by atoms with E-state index < -0.39 is 0 Å². The summed E-state index contributed by atoms with van der Waals surface area (Å²) in [5.74, 6) is 1.89. The molecule has 0 radical (unpaired) electrons. The molecule has 0 unspecified atom stereocenters. The van der Waals surface area contributed by atoms with Crippen LogP contribution in [0.1, 0.15) is 53.5 Å². The molecule has 1 N–H and O–H groups in total. The minimum absolute atomic E-state index is 0.0485. The van der Waals surface area contributed by atoms with E-state index in [1.54, 1.807) is 18.7 Å². The van der Waals surface area contributed by atoms with Crippen LogP contribution in [0.4, 0.5) is 0 Å². The van der Waals surface area contributed by atoms with Crippen molar-refractivity contribution >= 4 is 12.3 Å². The molecule has 0 saturated heterocycles. The summed E-state index contributed by atoms with van der Waals surface area (Å²) in [4.78, 5) is 38.6. The largest absolute Gasteiger partial charge is 0.496 e. The number of methoxy groups -OCH3 is 1. The summed E-state index contributed by atoms with van der Waals surface area (Å²) in [5.41, 5.74) is 9.53. The highest BCUT2D eigenvalue weighted by atomic mass is 16.7. The second kappa shape index (κ2) is 13.6. The van der Waals surface area contributed by atoms with E-state index in [4.69, 9.17) is 14.6 Å². The van der Waals surface area contributed by atoms with Gasteiger partial charge < -0.3 is 9.57 Å². The Bertz CT molecular complexity index is 1610. The van der Waals surface area contributed by atoms with Crippen molar-refractivity contribution in [3.63, 3.8) is 0 Å². The van der Waals surface area contributed by atoms with E-state index in [1.165, 1.54) is 0 Å². The van der Waals surface area contributed by atoms with E-state index in [-0.39, 0.29) is 5.56 Å². The first kappa shape index (κ1) is 29.3. The van der Waals surface area contributed by atoms with Gasteiger partial charge in [0.2, 0.25) is 0 Å². The first-order valence-corrected chi connectivity index (χ1v) is 13.7. The summed E-state index contributed by atoms with van der Waals surface area (Å²) >= 11 is 0. The molecule has 0 amide bonds. The fourth-order valence-corrected chi connectivity index (χ4v) is 5.00. The van der Waals surface area contributed by atoms with E-state index in [9.17, 15) is 9.59 Å².